The van der Waals surface area contributed by atoms with Crippen LogP contribution in [-0.2, 0) is 0 Å². The topological polar surface area (TPSA) is 55.7 Å². The van der Waals surface area contributed by atoms with E-state index in [0.29, 0.717) is 0 Å². The van der Waals surface area contributed by atoms with Gasteiger partial charge in [-0.05, 0) is 25.9 Å². The van der Waals surface area contributed by atoms with Gasteiger partial charge < -0.3 is 4.98 Å². The summed E-state index contributed by atoms with van der Waals surface area (Å²) >= 11 is 0. The molecule has 1 saturated heterocycles. The smallest absolute Gasteiger partial charge is 0.140 e. The molecule has 0 aromatic carbocycles. The highest BCUT2D eigenvalue weighted by molar-refractivity contribution is 5.12. The minimum atomic E-state index is -0.148. The van der Waals surface area contributed by atoms with E-state index in [1.165, 1.54) is 25.7 Å². The van der Waals surface area contributed by atoms with Gasteiger partial charge in [-0.1, -0.05) is 12.8 Å². The Morgan fingerprint density at radius 2 is 2.07 bits per heavy atom. The Bertz CT molecular complexity index is 317. The molecule has 2 rings (SSSR count). The van der Waals surface area contributed by atoms with E-state index in [1.54, 1.807) is 12.5 Å². The van der Waals surface area contributed by atoms with Crippen LogP contribution in [0.4, 0.5) is 0 Å². The highest BCUT2D eigenvalue weighted by Crippen LogP contribution is 2.21. The van der Waals surface area contributed by atoms with Crippen molar-refractivity contribution in [1.29, 1.82) is 5.26 Å². The molecule has 0 bridgehead atoms. The fourth-order valence-corrected chi connectivity index (χ4v) is 2.12. The van der Waals surface area contributed by atoms with Crippen LogP contribution in [0.3, 0.4) is 0 Å². The Morgan fingerprint density at radius 1 is 1.33 bits per heavy atom. The average Bonchev–Trinajstić information content (AvgIpc) is 2.63. The molecule has 0 amide bonds. The minimum Gasteiger partial charge on any atom is -0.346 e. The maximum atomic E-state index is 9.20. The van der Waals surface area contributed by atoms with Crippen molar-refractivity contribution in [1.82, 2.24) is 14.9 Å². The molecule has 1 aliphatic heterocycles. The molecule has 1 aliphatic rings. The van der Waals surface area contributed by atoms with Gasteiger partial charge in [0, 0.05) is 0 Å². The molecule has 0 radical (unpaired) electrons. The summed E-state index contributed by atoms with van der Waals surface area (Å²) in [7, 11) is 0. The Hall–Kier alpha value is -1.34. The van der Waals surface area contributed by atoms with Crippen molar-refractivity contribution in [2.45, 2.75) is 31.7 Å². The molecule has 2 heterocycles. The second-order valence-electron chi connectivity index (χ2n) is 3.99. The van der Waals surface area contributed by atoms with Gasteiger partial charge in [-0.3, -0.25) is 4.90 Å². The first kappa shape index (κ1) is 10.2. The van der Waals surface area contributed by atoms with Crippen LogP contribution in [0.15, 0.2) is 12.5 Å². The van der Waals surface area contributed by atoms with Crippen LogP contribution in [0.1, 0.15) is 37.4 Å². The maximum Gasteiger partial charge on any atom is 0.140 e. The molecule has 15 heavy (non-hydrogen) atoms. The van der Waals surface area contributed by atoms with Crippen molar-refractivity contribution in [2.75, 3.05) is 13.1 Å². The van der Waals surface area contributed by atoms with E-state index in [-0.39, 0.29) is 6.04 Å². The fraction of sp³-hybridized carbons (Fsp3) is 0.636. The van der Waals surface area contributed by atoms with E-state index in [9.17, 15) is 5.26 Å². The quantitative estimate of drug-likeness (QED) is 0.799. The van der Waals surface area contributed by atoms with Gasteiger partial charge in [-0.15, -0.1) is 0 Å². The Labute approximate surface area is 89.9 Å². The Morgan fingerprint density at radius 3 is 2.60 bits per heavy atom. The largest absolute Gasteiger partial charge is 0.346 e. The van der Waals surface area contributed by atoms with Gasteiger partial charge in [0.15, 0.2) is 0 Å². The molecule has 0 spiro atoms. The standard InChI is InChI=1S/C11H16N4/c12-7-11(10-8-13-9-14-10)15-5-3-1-2-4-6-15/h8-9,11H,1-6H2,(H,13,14). The lowest BCUT2D eigenvalue weighted by atomic mass is 10.2. The summed E-state index contributed by atoms with van der Waals surface area (Å²) in [5.74, 6) is 0. The van der Waals surface area contributed by atoms with Crippen LogP contribution in [0.5, 0.6) is 0 Å². The number of nitrogens with zero attached hydrogens (tertiary/aromatic N) is 3. The summed E-state index contributed by atoms with van der Waals surface area (Å²) in [6.45, 7) is 2.05. The van der Waals surface area contributed by atoms with Gasteiger partial charge in [0.2, 0.25) is 0 Å². The van der Waals surface area contributed by atoms with E-state index < -0.39 is 0 Å². The summed E-state index contributed by atoms with van der Waals surface area (Å²) < 4.78 is 0. The number of likely N-dealkylation sites (tertiary alicyclic amines) is 1. The molecule has 1 N–H and O–H groups in total. The van der Waals surface area contributed by atoms with Gasteiger partial charge in [-0.25, -0.2) is 4.98 Å². The number of nitriles is 1. The summed E-state index contributed by atoms with van der Waals surface area (Å²) in [5, 5.41) is 9.20. The first-order valence-corrected chi connectivity index (χ1v) is 5.54. The zero-order chi connectivity index (χ0) is 10.5. The number of rotatable bonds is 2. The summed E-state index contributed by atoms with van der Waals surface area (Å²) in [6.07, 6.45) is 8.37. The van der Waals surface area contributed by atoms with Gasteiger partial charge in [-0.2, -0.15) is 5.26 Å². The maximum absolute atomic E-state index is 9.20. The molecule has 4 nitrogen and oxygen atoms in total. The Kier molecular flexibility index (Phi) is 3.36. The van der Waals surface area contributed by atoms with E-state index >= 15 is 0 Å². The van der Waals surface area contributed by atoms with Gasteiger partial charge in [0.25, 0.3) is 0 Å². The molecule has 80 valence electrons. The highest BCUT2D eigenvalue weighted by Gasteiger charge is 2.21. The van der Waals surface area contributed by atoms with Crippen LogP contribution in [-0.4, -0.2) is 28.0 Å². The average molecular weight is 204 g/mol. The van der Waals surface area contributed by atoms with Gasteiger partial charge in [0.1, 0.15) is 6.04 Å². The molecule has 0 saturated carbocycles. The van der Waals surface area contributed by atoms with Gasteiger partial charge in [0.05, 0.1) is 24.3 Å². The second kappa shape index (κ2) is 4.94. The first-order valence-electron chi connectivity index (χ1n) is 5.54. The van der Waals surface area contributed by atoms with Gasteiger partial charge >= 0.3 is 0 Å². The Balaban J connectivity index is 2.09. The van der Waals surface area contributed by atoms with Crippen LogP contribution < -0.4 is 0 Å². The van der Waals surface area contributed by atoms with Crippen molar-refractivity contribution in [3.05, 3.63) is 18.2 Å². The van der Waals surface area contributed by atoms with E-state index in [2.05, 4.69) is 20.9 Å². The second-order valence-corrected chi connectivity index (χ2v) is 3.99. The lowest BCUT2D eigenvalue weighted by molar-refractivity contribution is 0.242. The molecule has 1 unspecified atom stereocenters. The lowest BCUT2D eigenvalue weighted by Crippen LogP contribution is -2.29. The van der Waals surface area contributed by atoms with Crippen molar-refractivity contribution in [3.8, 4) is 6.07 Å². The van der Waals surface area contributed by atoms with Crippen LogP contribution in [0.25, 0.3) is 0 Å². The lowest BCUT2D eigenvalue weighted by Gasteiger charge is -2.24. The fourth-order valence-electron chi connectivity index (χ4n) is 2.12. The third-order valence-corrected chi connectivity index (χ3v) is 2.94. The van der Waals surface area contributed by atoms with Crippen molar-refractivity contribution >= 4 is 0 Å². The van der Waals surface area contributed by atoms with Crippen LogP contribution in [0.2, 0.25) is 0 Å². The summed E-state index contributed by atoms with van der Waals surface area (Å²) in [6, 6.07) is 2.21. The first-order chi connectivity index (χ1) is 7.42. The molecule has 1 fully saturated rings. The van der Waals surface area contributed by atoms with Crippen molar-refractivity contribution < 1.29 is 0 Å². The van der Waals surface area contributed by atoms with Crippen LogP contribution >= 0.6 is 0 Å². The highest BCUT2D eigenvalue weighted by atomic mass is 15.2. The summed E-state index contributed by atoms with van der Waals surface area (Å²) in [4.78, 5) is 9.26. The third kappa shape index (κ3) is 2.37. The monoisotopic (exact) mass is 204 g/mol. The number of aromatic nitrogens is 2. The molecular formula is C11H16N4. The molecule has 1 atom stereocenters. The number of imidazole rings is 1. The number of nitrogens with one attached hydrogen (secondary N) is 1. The predicted molar refractivity (Wildman–Crippen MR) is 57.0 cm³/mol. The number of H-pyrrole nitrogens is 1. The van der Waals surface area contributed by atoms with Crippen molar-refractivity contribution in [2.24, 2.45) is 0 Å². The number of aromatic amines is 1. The third-order valence-electron chi connectivity index (χ3n) is 2.94. The van der Waals surface area contributed by atoms with Crippen molar-refractivity contribution in [3.63, 3.8) is 0 Å². The van der Waals surface area contributed by atoms with E-state index in [1.807, 2.05) is 0 Å². The molecule has 4 heteroatoms. The zero-order valence-electron chi connectivity index (χ0n) is 8.82. The minimum absolute atomic E-state index is 0.148. The number of hydrogen-bond donors (Lipinski definition) is 1. The van der Waals surface area contributed by atoms with E-state index in [0.717, 1.165) is 18.8 Å². The predicted octanol–water partition coefficient (Wildman–Crippen LogP) is 1.85. The number of hydrogen-bond acceptors (Lipinski definition) is 3. The normalized spacial score (nSPS) is 20.5. The SMILES string of the molecule is N#CC(c1cnc[nH]1)N1CCCCCC1. The summed E-state index contributed by atoms with van der Waals surface area (Å²) in [5.41, 5.74) is 0.916. The zero-order valence-corrected chi connectivity index (χ0v) is 8.82. The van der Waals surface area contributed by atoms with E-state index in [4.69, 9.17) is 0 Å². The molecule has 1 aromatic rings. The van der Waals surface area contributed by atoms with Crippen LogP contribution in [0, 0.1) is 11.3 Å². The molecule has 0 aliphatic carbocycles. The molecule has 1 aromatic heterocycles. The molecular weight excluding hydrogens is 188 g/mol.